The zero-order chi connectivity index (χ0) is 11.0. The van der Waals surface area contributed by atoms with Gasteiger partial charge in [0.2, 0.25) is 0 Å². The van der Waals surface area contributed by atoms with Gasteiger partial charge in [-0.1, -0.05) is 25.8 Å². The van der Waals surface area contributed by atoms with Gasteiger partial charge in [0.05, 0.1) is 7.11 Å². The Kier molecular flexibility index (Phi) is 7.11. The van der Waals surface area contributed by atoms with Crippen LogP contribution in [-0.2, 0) is 9.53 Å². The quantitative estimate of drug-likeness (QED) is 0.405. The van der Waals surface area contributed by atoms with Crippen LogP contribution in [0.15, 0.2) is 11.6 Å². The molecule has 1 unspecified atom stereocenters. The Hall–Kier alpha value is -0.830. The molecule has 0 aromatic rings. The predicted octanol–water partition coefficient (Wildman–Crippen LogP) is 2.05. The zero-order valence-corrected chi connectivity index (χ0v) is 9.25. The number of aliphatic hydroxyl groups is 1. The number of unbranched alkanes of at least 4 members (excludes halogenated alkanes) is 3. The molecule has 0 radical (unpaired) electrons. The van der Waals surface area contributed by atoms with Crippen LogP contribution < -0.4 is 0 Å². The molecule has 0 saturated heterocycles. The van der Waals surface area contributed by atoms with Crippen LogP contribution in [0.2, 0.25) is 0 Å². The molecule has 0 aromatic carbocycles. The van der Waals surface area contributed by atoms with Gasteiger partial charge in [-0.15, -0.1) is 0 Å². The fraction of sp³-hybridized carbons (Fsp3) is 0.727. The number of carbonyl (C=O) groups excluding carboxylic acids is 1. The molecule has 0 bridgehead atoms. The lowest BCUT2D eigenvalue weighted by molar-refractivity contribution is -0.148. The highest BCUT2D eigenvalue weighted by Gasteiger charge is 2.16. The smallest absolute Gasteiger partial charge is 0.339 e. The molecule has 3 heteroatoms. The van der Waals surface area contributed by atoms with Crippen LogP contribution in [0.4, 0.5) is 0 Å². The van der Waals surface area contributed by atoms with Gasteiger partial charge in [0, 0.05) is 0 Å². The van der Waals surface area contributed by atoms with Crippen molar-refractivity contribution in [2.75, 3.05) is 7.11 Å². The standard InChI is InChI=1S/C11H20O3/c1-4-5-6-7-8-9(2)10(12)11(13)14-3/h8,10,12H,4-7H2,1-3H3/b9-8+. The van der Waals surface area contributed by atoms with Gasteiger partial charge in [-0.2, -0.15) is 0 Å². The number of aliphatic hydroxyl groups excluding tert-OH is 1. The van der Waals surface area contributed by atoms with Crippen molar-refractivity contribution >= 4 is 5.97 Å². The van der Waals surface area contributed by atoms with E-state index < -0.39 is 12.1 Å². The zero-order valence-electron chi connectivity index (χ0n) is 9.25. The van der Waals surface area contributed by atoms with Gasteiger partial charge in [0.25, 0.3) is 0 Å². The molecule has 0 spiro atoms. The topological polar surface area (TPSA) is 46.5 Å². The maximum absolute atomic E-state index is 10.9. The number of ether oxygens (including phenoxy) is 1. The molecule has 1 N–H and O–H groups in total. The Morgan fingerprint density at radius 2 is 2.14 bits per heavy atom. The molecule has 0 fully saturated rings. The molecule has 0 amide bonds. The summed E-state index contributed by atoms with van der Waals surface area (Å²) in [6.45, 7) is 3.88. The van der Waals surface area contributed by atoms with Crippen LogP contribution in [0.5, 0.6) is 0 Å². The Labute approximate surface area is 85.8 Å². The number of hydrogen-bond acceptors (Lipinski definition) is 3. The molecule has 0 aliphatic heterocycles. The normalized spacial score (nSPS) is 13.9. The van der Waals surface area contributed by atoms with E-state index in [1.54, 1.807) is 6.92 Å². The van der Waals surface area contributed by atoms with Crippen molar-refractivity contribution in [3.05, 3.63) is 11.6 Å². The van der Waals surface area contributed by atoms with Gasteiger partial charge in [0.15, 0.2) is 6.10 Å². The van der Waals surface area contributed by atoms with E-state index in [-0.39, 0.29) is 0 Å². The molecule has 0 aliphatic rings. The molecule has 0 heterocycles. The second-order valence-electron chi connectivity index (χ2n) is 3.37. The fourth-order valence-electron chi connectivity index (χ4n) is 1.13. The number of carbonyl (C=O) groups is 1. The summed E-state index contributed by atoms with van der Waals surface area (Å²) in [5, 5.41) is 9.40. The molecule has 0 aliphatic carbocycles. The fourth-order valence-corrected chi connectivity index (χ4v) is 1.13. The Morgan fingerprint density at radius 1 is 1.50 bits per heavy atom. The summed E-state index contributed by atoms with van der Waals surface area (Å²) in [4.78, 5) is 10.9. The number of allylic oxidation sites excluding steroid dienone is 1. The van der Waals surface area contributed by atoms with Gasteiger partial charge in [-0.3, -0.25) is 0 Å². The van der Waals surface area contributed by atoms with Crippen LogP contribution >= 0.6 is 0 Å². The summed E-state index contributed by atoms with van der Waals surface area (Å²) in [5.74, 6) is -0.589. The number of methoxy groups -OCH3 is 1. The van der Waals surface area contributed by atoms with E-state index in [0.717, 1.165) is 12.8 Å². The average Bonchev–Trinajstić information content (AvgIpc) is 2.21. The highest BCUT2D eigenvalue weighted by molar-refractivity contribution is 5.77. The lowest BCUT2D eigenvalue weighted by Crippen LogP contribution is -2.22. The molecule has 3 nitrogen and oxygen atoms in total. The van der Waals surface area contributed by atoms with Gasteiger partial charge in [-0.25, -0.2) is 4.79 Å². The van der Waals surface area contributed by atoms with Crippen LogP contribution in [0.3, 0.4) is 0 Å². The second kappa shape index (κ2) is 7.56. The third kappa shape index (κ3) is 5.02. The lowest BCUT2D eigenvalue weighted by Gasteiger charge is -2.08. The van der Waals surface area contributed by atoms with Crippen molar-refractivity contribution in [2.45, 2.75) is 45.6 Å². The van der Waals surface area contributed by atoms with E-state index in [1.165, 1.54) is 20.0 Å². The molecule has 82 valence electrons. The summed E-state index contributed by atoms with van der Waals surface area (Å²) in [7, 11) is 1.27. The molecule has 14 heavy (non-hydrogen) atoms. The first-order chi connectivity index (χ1) is 6.63. The molecular formula is C11H20O3. The van der Waals surface area contributed by atoms with Crippen molar-refractivity contribution in [3.8, 4) is 0 Å². The molecular weight excluding hydrogens is 180 g/mol. The summed E-state index contributed by atoms with van der Waals surface area (Å²) in [6.07, 6.45) is 5.17. The monoisotopic (exact) mass is 200 g/mol. The summed E-state index contributed by atoms with van der Waals surface area (Å²) < 4.78 is 4.43. The molecule has 0 aromatic heterocycles. The van der Waals surface area contributed by atoms with E-state index in [2.05, 4.69) is 11.7 Å². The minimum atomic E-state index is -1.10. The van der Waals surface area contributed by atoms with E-state index >= 15 is 0 Å². The van der Waals surface area contributed by atoms with Crippen LogP contribution in [0.25, 0.3) is 0 Å². The molecule has 0 rings (SSSR count). The van der Waals surface area contributed by atoms with Crippen molar-refractivity contribution in [1.29, 1.82) is 0 Å². The van der Waals surface area contributed by atoms with Crippen LogP contribution in [0, 0.1) is 0 Å². The van der Waals surface area contributed by atoms with Crippen molar-refractivity contribution in [2.24, 2.45) is 0 Å². The maximum atomic E-state index is 10.9. The SMILES string of the molecule is CCCCC/C=C(\C)C(O)C(=O)OC. The number of rotatable bonds is 6. The minimum absolute atomic E-state index is 0.589. The third-order valence-corrected chi connectivity index (χ3v) is 2.13. The van der Waals surface area contributed by atoms with Crippen LogP contribution in [0.1, 0.15) is 39.5 Å². The van der Waals surface area contributed by atoms with Gasteiger partial charge in [-0.05, 0) is 25.3 Å². The van der Waals surface area contributed by atoms with Gasteiger partial charge in [0.1, 0.15) is 0 Å². The highest BCUT2D eigenvalue weighted by Crippen LogP contribution is 2.07. The Morgan fingerprint density at radius 3 is 2.64 bits per heavy atom. The maximum Gasteiger partial charge on any atom is 0.339 e. The summed E-state index contributed by atoms with van der Waals surface area (Å²) in [6, 6.07) is 0. The lowest BCUT2D eigenvalue weighted by atomic mass is 10.1. The Balaban J connectivity index is 3.91. The van der Waals surface area contributed by atoms with Gasteiger partial charge < -0.3 is 9.84 Å². The van der Waals surface area contributed by atoms with E-state index in [0.29, 0.717) is 5.57 Å². The average molecular weight is 200 g/mol. The first kappa shape index (κ1) is 13.2. The number of hydrogen-bond donors (Lipinski definition) is 1. The van der Waals surface area contributed by atoms with Crippen molar-refractivity contribution < 1.29 is 14.6 Å². The summed E-state index contributed by atoms with van der Waals surface area (Å²) in [5.41, 5.74) is 0.674. The molecule has 1 atom stereocenters. The predicted molar refractivity (Wildman–Crippen MR) is 55.9 cm³/mol. The molecule has 0 saturated carbocycles. The van der Waals surface area contributed by atoms with E-state index in [1.807, 2.05) is 6.08 Å². The second-order valence-corrected chi connectivity index (χ2v) is 3.37. The Bertz CT molecular complexity index is 197. The summed E-state index contributed by atoms with van der Waals surface area (Å²) >= 11 is 0. The van der Waals surface area contributed by atoms with Crippen LogP contribution in [-0.4, -0.2) is 24.3 Å². The minimum Gasteiger partial charge on any atom is -0.467 e. The third-order valence-electron chi connectivity index (χ3n) is 2.13. The highest BCUT2D eigenvalue weighted by atomic mass is 16.5. The first-order valence-corrected chi connectivity index (χ1v) is 5.06. The van der Waals surface area contributed by atoms with E-state index in [4.69, 9.17) is 0 Å². The first-order valence-electron chi connectivity index (χ1n) is 5.06. The van der Waals surface area contributed by atoms with Gasteiger partial charge >= 0.3 is 5.97 Å². The van der Waals surface area contributed by atoms with Crippen molar-refractivity contribution in [3.63, 3.8) is 0 Å². The largest absolute Gasteiger partial charge is 0.467 e. The van der Waals surface area contributed by atoms with Crippen molar-refractivity contribution in [1.82, 2.24) is 0 Å². The number of esters is 1. The van der Waals surface area contributed by atoms with E-state index in [9.17, 15) is 9.90 Å².